The van der Waals surface area contributed by atoms with Crippen molar-refractivity contribution in [2.24, 2.45) is 0 Å². The number of urea groups is 1. The zero-order chi connectivity index (χ0) is 21.5. The maximum absolute atomic E-state index is 13.0. The van der Waals surface area contributed by atoms with E-state index in [9.17, 15) is 19.7 Å². The fraction of sp³-hybridized carbons (Fsp3) is 0.158. The average Bonchev–Trinajstić information content (AvgIpc) is 3.27. The lowest BCUT2D eigenvalue weighted by molar-refractivity contribution is -0.384. The Kier molecular flexibility index (Phi) is 4.70. The van der Waals surface area contributed by atoms with Crippen LogP contribution in [0.5, 0.6) is 0 Å². The molecule has 152 valence electrons. The van der Waals surface area contributed by atoms with Gasteiger partial charge in [-0.3, -0.25) is 19.8 Å². The molecule has 2 heterocycles. The van der Waals surface area contributed by atoms with Crippen LogP contribution in [-0.2, 0) is 16.9 Å². The van der Waals surface area contributed by atoms with Crippen LogP contribution in [0.4, 0.5) is 10.5 Å². The van der Waals surface area contributed by atoms with Crippen molar-refractivity contribution < 1.29 is 19.0 Å². The number of amides is 3. The molecule has 1 aromatic heterocycles. The van der Waals surface area contributed by atoms with Crippen LogP contribution < -0.4 is 5.32 Å². The predicted octanol–water partition coefficient (Wildman–Crippen LogP) is 3.27. The number of nitrogens with one attached hydrogen (secondary N) is 1. The van der Waals surface area contributed by atoms with Gasteiger partial charge < -0.3 is 9.84 Å². The summed E-state index contributed by atoms with van der Waals surface area (Å²) in [6.45, 7) is 1.29. The van der Waals surface area contributed by atoms with Gasteiger partial charge in [0.15, 0.2) is 0 Å². The lowest BCUT2D eigenvalue weighted by Crippen LogP contribution is -2.40. The summed E-state index contributed by atoms with van der Waals surface area (Å²) in [7, 11) is 0. The summed E-state index contributed by atoms with van der Waals surface area (Å²) >= 11 is 6.13. The molecule has 0 radical (unpaired) electrons. The van der Waals surface area contributed by atoms with Gasteiger partial charge in [0.25, 0.3) is 11.6 Å². The summed E-state index contributed by atoms with van der Waals surface area (Å²) in [6.07, 6.45) is 0. The van der Waals surface area contributed by atoms with Crippen molar-refractivity contribution in [2.75, 3.05) is 0 Å². The zero-order valence-corrected chi connectivity index (χ0v) is 16.3. The van der Waals surface area contributed by atoms with Gasteiger partial charge in [-0.2, -0.15) is 4.98 Å². The first-order valence-corrected chi connectivity index (χ1v) is 9.14. The van der Waals surface area contributed by atoms with E-state index in [2.05, 4.69) is 15.5 Å². The number of carbonyl (C=O) groups excluding carboxylic acids is 2. The summed E-state index contributed by atoms with van der Waals surface area (Å²) in [5, 5.41) is 17.8. The molecule has 1 atom stereocenters. The third kappa shape index (κ3) is 3.26. The number of aromatic nitrogens is 2. The Balaban J connectivity index is 1.56. The molecule has 2 aromatic carbocycles. The van der Waals surface area contributed by atoms with Crippen LogP contribution in [0.2, 0.25) is 5.02 Å². The van der Waals surface area contributed by atoms with Gasteiger partial charge >= 0.3 is 6.03 Å². The third-order valence-corrected chi connectivity index (χ3v) is 5.14. The number of hydrogen-bond donors (Lipinski definition) is 1. The van der Waals surface area contributed by atoms with Crippen molar-refractivity contribution in [3.63, 3.8) is 0 Å². The smallest absolute Gasteiger partial charge is 0.325 e. The largest absolute Gasteiger partial charge is 0.337 e. The highest BCUT2D eigenvalue weighted by atomic mass is 35.5. The molecule has 1 aliphatic rings. The Hall–Kier alpha value is -3.79. The molecule has 10 nitrogen and oxygen atoms in total. The molecule has 1 fully saturated rings. The van der Waals surface area contributed by atoms with E-state index >= 15 is 0 Å². The van der Waals surface area contributed by atoms with Gasteiger partial charge in [0.05, 0.1) is 9.95 Å². The first-order valence-electron chi connectivity index (χ1n) is 8.76. The summed E-state index contributed by atoms with van der Waals surface area (Å²) in [6, 6.07) is 11.7. The van der Waals surface area contributed by atoms with E-state index in [1.54, 1.807) is 24.3 Å². The van der Waals surface area contributed by atoms with Crippen molar-refractivity contribution in [1.82, 2.24) is 20.4 Å². The normalized spacial score (nSPS) is 18.5. The molecular formula is C19H14ClN5O5. The predicted molar refractivity (Wildman–Crippen MR) is 104 cm³/mol. The zero-order valence-electron chi connectivity index (χ0n) is 15.5. The van der Waals surface area contributed by atoms with E-state index in [0.717, 1.165) is 4.90 Å². The number of nitrogens with zero attached hydrogens (tertiary/aromatic N) is 4. The molecule has 1 aliphatic heterocycles. The van der Waals surface area contributed by atoms with E-state index < -0.39 is 22.4 Å². The molecule has 0 saturated carbocycles. The fourth-order valence-corrected chi connectivity index (χ4v) is 3.38. The van der Waals surface area contributed by atoms with Gasteiger partial charge in [-0.05, 0) is 36.8 Å². The highest BCUT2D eigenvalue weighted by Gasteiger charge is 2.49. The lowest BCUT2D eigenvalue weighted by Gasteiger charge is -2.21. The van der Waals surface area contributed by atoms with Crippen molar-refractivity contribution >= 4 is 29.2 Å². The molecule has 1 unspecified atom stereocenters. The maximum atomic E-state index is 13.0. The molecule has 3 amide bonds. The number of rotatable bonds is 5. The molecule has 4 rings (SSSR count). The average molecular weight is 428 g/mol. The van der Waals surface area contributed by atoms with Gasteiger partial charge in [0.1, 0.15) is 12.1 Å². The van der Waals surface area contributed by atoms with Crippen molar-refractivity contribution in [1.29, 1.82) is 0 Å². The van der Waals surface area contributed by atoms with Gasteiger partial charge in [0, 0.05) is 17.7 Å². The summed E-state index contributed by atoms with van der Waals surface area (Å²) in [4.78, 5) is 40.9. The Morgan fingerprint density at radius 1 is 1.20 bits per heavy atom. The number of imide groups is 1. The molecule has 3 aromatic rings. The van der Waals surface area contributed by atoms with Crippen LogP contribution in [0.15, 0.2) is 53.1 Å². The van der Waals surface area contributed by atoms with Crippen LogP contribution in [0, 0.1) is 10.1 Å². The molecule has 30 heavy (non-hydrogen) atoms. The highest BCUT2D eigenvalue weighted by molar-refractivity contribution is 6.33. The van der Waals surface area contributed by atoms with E-state index in [1.165, 1.54) is 31.2 Å². The van der Waals surface area contributed by atoms with Crippen LogP contribution in [-0.4, -0.2) is 31.9 Å². The lowest BCUT2D eigenvalue weighted by atomic mass is 9.92. The maximum Gasteiger partial charge on any atom is 0.325 e. The molecule has 0 aliphatic carbocycles. The van der Waals surface area contributed by atoms with E-state index in [-0.39, 0.29) is 23.9 Å². The van der Waals surface area contributed by atoms with Gasteiger partial charge in [0.2, 0.25) is 11.7 Å². The van der Waals surface area contributed by atoms with Crippen LogP contribution >= 0.6 is 11.6 Å². The van der Waals surface area contributed by atoms with Gasteiger partial charge in [-0.1, -0.05) is 28.9 Å². The van der Waals surface area contributed by atoms with Gasteiger partial charge in [-0.15, -0.1) is 0 Å². The van der Waals surface area contributed by atoms with Crippen molar-refractivity contribution in [3.05, 3.63) is 75.1 Å². The van der Waals surface area contributed by atoms with Crippen LogP contribution in [0.25, 0.3) is 11.4 Å². The second-order valence-corrected chi connectivity index (χ2v) is 7.15. The minimum absolute atomic E-state index is 0.0568. The van der Waals surface area contributed by atoms with E-state index in [0.29, 0.717) is 16.1 Å². The topological polar surface area (TPSA) is 131 Å². The molecular weight excluding hydrogens is 414 g/mol. The molecule has 1 N–H and O–H groups in total. The Morgan fingerprint density at radius 2 is 1.90 bits per heavy atom. The summed E-state index contributed by atoms with van der Waals surface area (Å²) in [5.41, 5.74) is -0.523. The molecule has 11 heteroatoms. The number of nitro benzene ring substituents is 1. The molecule has 0 spiro atoms. The molecule has 1 saturated heterocycles. The van der Waals surface area contributed by atoms with Crippen LogP contribution in [0.3, 0.4) is 0 Å². The van der Waals surface area contributed by atoms with Crippen molar-refractivity contribution in [3.8, 4) is 11.4 Å². The third-order valence-electron chi connectivity index (χ3n) is 4.81. The monoisotopic (exact) mass is 427 g/mol. The minimum Gasteiger partial charge on any atom is -0.337 e. The Bertz CT molecular complexity index is 1160. The number of nitro groups is 1. The summed E-state index contributed by atoms with van der Waals surface area (Å²) < 4.78 is 5.18. The number of halogens is 1. The summed E-state index contributed by atoms with van der Waals surface area (Å²) in [5.74, 6) is -0.249. The second-order valence-electron chi connectivity index (χ2n) is 6.74. The van der Waals surface area contributed by atoms with Crippen LogP contribution in [0.1, 0.15) is 18.4 Å². The first kappa shape index (κ1) is 19.5. The number of benzene rings is 2. The highest BCUT2D eigenvalue weighted by Crippen LogP contribution is 2.31. The standard InChI is InChI=1S/C19H14ClN5O5/c1-19(11-6-8-12(9-7-11)25(28)29)17(26)24(18(27)22-19)10-15-21-16(23-30-15)13-4-2-3-5-14(13)20/h2-9H,10H2,1H3,(H,22,27). The number of hydrogen-bond acceptors (Lipinski definition) is 7. The molecule has 0 bridgehead atoms. The quantitative estimate of drug-likeness (QED) is 0.375. The van der Waals surface area contributed by atoms with Gasteiger partial charge in [-0.25, -0.2) is 4.79 Å². The fourth-order valence-electron chi connectivity index (χ4n) is 3.16. The Morgan fingerprint density at radius 3 is 2.57 bits per heavy atom. The Labute approximate surface area is 174 Å². The minimum atomic E-state index is -1.38. The number of non-ortho nitro benzene ring substituents is 1. The first-order chi connectivity index (χ1) is 14.3. The van der Waals surface area contributed by atoms with Crippen molar-refractivity contribution in [2.45, 2.75) is 19.0 Å². The number of carbonyl (C=O) groups is 2. The van der Waals surface area contributed by atoms with E-state index in [1.807, 2.05) is 0 Å². The SMILES string of the molecule is CC1(c2ccc([N+](=O)[O-])cc2)NC(=O)N(Cc2nc(-c3ccccc3Cl)no2)C1=O. The van der Waals surface area contributed by atoms with E-state index in [4.69, 9.17) is 16.1 Å². The second kappa shape index (κ2) is 7.23.